The fourth-order valence-electron chi connectivity index (χ4n) is 1.35. The van der Waals surface area contributed by atoms with Gasteiger partial charge in [0, 0.05) is 13.2 Å². The average Bonchev–Trinajstić information content (AvgIpc) is 2.61. The summed E-state index contributed by atoms with van der Waals surface area (Å²) in [6, 6.07) is 3.57. The van der Waals surface area contributed by atoms with Gasteiger partial charge in [0.05, 0.1) is 6.54 Å². The number of pyridine rings is 1. The summed E-state index contributed by atoms with van der Waals surface area (Å²) in [5.74, 6) is 5.80. The molecule has 0 amide bonds. The Kier molecular flexibility index (Phi) is 2.69. The van der Waals surface area contributed by atoms with E-state index in [0.29, 0.717) is 12.4 Å². The van der Waals surface area contributed by atoms with Crippen LogP contribution in [0.15, 0.2) is 29.5 Å². The van der Waals surface area contributed by atoms with E-state index < -0.39 is 0 Å². The molecule has 0 bridgehead atoms. The highest BCUT2D eigenvalue weighted by atomic mass is 16.2. The van der Waals surface area contributed by atoms with E-state index in [1.807, 2.05) is 6.07 Å². The van der Waals surface area contributed by atoms with Crippen molar-refractivity contribution < 1.29 is 0 Å². The standard InChI is InChI=1S/C9H12N6O/c1-14-6-12-15(9(14)16)5-7-2-3-11-8(4-7)13-10/h2-4,6H,5,10H2,1H3,(H,11,13). The summed E-state index contributed by atoms with van der Waals surface area (Å²) in [4.78, 5) is 15.5. The molecule has 0 aromatic carbocycles. The minimum atomic E-state index is -0.154. The lowest BCUT2D eigenvalue weighted by Crippen LogP contribution is -2.23. The number of nitrogens with two attached hydrogens (primary N) is 1. The molecule has 2 aromatic heterocycles. The number of aromatic nitrogens is 4. The summed E-state index contributed by atoms with van der Waals surface area (Å²) >= 11 is 0. The summed E-state index contributed by atoms with van der Waals surface area (Å²) in [5.41, 5.74) is 3.20. The third-order valence-electron chi connectivity index (χ3n) is 2.19. The van der Waals surface area contributed by atoms with Crippen LogP contribution in [0.25, 0.3) is 0 Å². The predicted octanol–water partition coefficient (Wildman–Crippen LogP) is -0.689. The molecule has 0 aliphatic heterocycles. The Morgan fingerprint density at radius 2 is 2.38 bits per heavy atom. The van der Waals surface area contributed by atoms with Crippen LogP contribution in [-0.4, -0.2) is 19.3 Å². The quantitative estimate of drug-likeness (QED) is 0.528. The number of nitrogen functional groups attached to an aromatic ring is 1. The SMILES string of the molecule is Cn1cnn(Cc2ccnc(NN)c2)c1=O. The molecule has 7 heteroatoms. The van der Waals surface area contributed by atoms with Crippen LogP contribution in [0.1, 0.15) is 5.56 Å². The Morgan fingerprint density at radius 1 is 1.56 bits per heavy atom. The minimum absolute atomic E-state index is 0.154. The van der Waals surface area contributed by atoms with E-state index in [9.17, 15) is 4.79 Å². The lowest BCUT2D eigenvalue weighted by atomic mass is 10.2. The molecule has 0 spiro atoms. The van der Waals surface area contributed by atoms with E-state index in [4.69, 9.17) is 5.84 Å². The maximum atomic E-state index is 11.5. The summed E-state index contributed by atoms with van der Waals surface area (Å²) in [5, 5.41) is 3.96. The monoisotopic (exact) mass is 220 g/mol. The maximum Gasteiger partial charge on any atom is 0.345 e. The minimum Gasteiger partial charge on any atom is -0.308 e. The zero-order valence-corrected chi connectivity index (χ0v) is 8.79. The maximum absolute atomic E-state index is 11.5. The van der Waals surface area contributed by atoms with Gasteiger partial charge in [-0.15, -0.1) is 0 Å². The molecular weight excluding hydrogens is 208 g/mol. The fraction of sp³-hybridized carbons (Fsp3) is 0.222. The number of aryl methyl sites for hydroxylation is 1. The van der Waals surface area contributed by atoms with Gasteiger partial charge in [-0.3, -0.25) is 4.57 Å². The molecule has 2 heterocycles. The number of rotatable bonds is 3. The van der Waals surface area contributed by atoms with Gasteiger partial charge in [-0.2, -0.15) is 5.10 Å². The topological polar surface area (TPSA) is 90.8 Å². The molecule has 0 fully saturated rings. The number of anilines is 1. The van der Waals surface area contributed by atoms with E-state index in [0.717, 1.165) is 5.56 Å². The van der Waals surface area contributed by atoms with Crippen LogP contribution < -0.4 is 17.0 Å². The highest BCUT2D eigenvalue weighted by Gasteiger charge is 2.03. The van der Waals surface area contributed by atoms with Crippen LogP contribution in [0, 0.1) is 0 Å². The van der Waals surface area contributed by atoms with Crippen LogP contribution in [-0.2, 0) is 13.6 Å². The first kappa shape index (κ1) is 10.4. The first-order valence-electron chi connectivity index (χ1n) is 4.70. The molecule has 0 unspecified atom stereocenters. The van der Waals surface area contributed by atoms with E-state index >= 15 is 0 Å². The summed E-state index contributed by atoms with van der Waals surface area (Å²) < 4.78 is 2.79. The normalized spacial score (nSPS) is 10.4. The number of nitrogens with zero attached hydrogens (tertiary/aromatic N) is 4. The van der Waals surface area contributed by atoms with Crippen molar-refractivity contribution in [3.63, 3.8) is 0 Å². The van der Waals surface area contributed by atoms with Gasteiger partial charge in [0.15, 0.2) is 0 Å². The number of hydrogen-bond donors (Lipinski definition) is 2. The molecule has 0 saturated heterocycles. The third-order valence-corrected chi connectivity index (χ3v) is 2.19. The second-order valence-corrected chi connectivity index (χ2v) is 3.38. The summed E-state index contributed by atoms with van der Waals surface area (Å²) in [7, 11) is 1.66. The second-order valence-electron chi connectivity index (χ2n) is 3.38. The highest BCUT2D eigenvalue weighted by molar-refractivity contribution is 5.35. The van der Waals surface area contributed by atoms with Crippen molar-refractivity contribution in [3.05, 3.63) is 40.7 Å². The van der Waals surface area contributed by atoms with Crippen LogP contribution in [0.4, 0.5) is 5.82 Å². The molecule has 2 rings (SSSR count). The first-order chi connectivity index (χ1) is 7.70. The van der Waals surface area contributed by atoms with Gasteiger partial charge in [-0.05, 0) is 17.7 Å². The largest absolute Gasteiger partial charge is 0.345 e. The second kappa shape index (κ2) is 4.15. The molecule has 16 heavy (non-hydrogen) atoms. The Labute approximate surface area is 91.5 Å². The van der Waals surface area contributed by atoms with Crippen molar-refractivity contribution in [1.82, 2.24) is 19.3 Å². The lowest BCUT2D eigenvalue weighted by molar-refractivity contribution is 0.646. The van der Waals surface area contributed by atoms with Crippen molar-refractivity contribution in [1.29, 1.82) is 0 Å². The van der Waals surface area contributed by atoms with Gasteiger partial charge in [-0.1, -0.05) is 0 Å². The smallest absolute Gasteiger partial charge is 0.308 e. The molecule has 3 N–H and O–H groups in total. The van der Waals surface area contributed by atoms with Crippen molar-refractivity contribution in [2.45, 2.75) is 6.54 Å². The van der Waals surface area contributed by atoms with Crippen molar-refractivity contribution in [2.24, 2.45) is 12.9 Å². The van der Waals surface area contributed by atoms with E-state index in [1.165, 1.54) is 15.6 Å². The van der Waals surface area contributed by atoms with Crippen LogP contribution in [0.5, 0.6) is 0 Å². The third kappa shape index (κ3) is 1.94. The Bertz CT molecular complexity index is 543. The van der Waals surface area contributed by atoms with Gasteiger partial charge in [0.1, 0.15) is 12.1 Å². The molecule has 7 nitrogen and oxygen atoms in total. The summed E-state index contributed by atoms with van der Waals surface area (Å²) in [6.45, 7) is 0.400. The zero-order chi connectivity index (χ0) is 11.5. The molecule has 0 saturated carbocycles. The molecule has 84 valence electrons. The Morgan fingerprint density at radius 3 is 3.00 bits per heavy atom. The molecule has 0 aliphatic rings. The molecule has 0 radical (unpaired) electrons. The van der Waals surface area contributed by atoms with Crippen LogP contribution >= 0.6 is 0 Å². The Balaban J connectivity index is 2.27. The summed E-state index contributed by atoms with van der Waals surface area (Å²) in [6.07, 6.45) is 3.10. The fourth-order valence-corrected chi connectivity index (χ4v) is 1.35. The highest BCUT2D eigenvalue weighted by Crippen LogP contribution is 2.05. The molecule has 0 atom stereocenters. The lowest BCUT2D eigenvalue weighted by Gasteiger charge is -2.02. The van der Waals surface area contributed by atoms with Crippen molar-refractivity contribution in [3.8, 4) is 0 Å². The average molecular weight is 220 g/mol. The van der Waals surface area contributed by atoms with Crippen molar-refractivity contribution in [2.75, 3.05) is 5.43 Å². The molecule has 0 aliphatic carbocycles. The van der Waals surface area contributed by atoms with Crippen LogP contribution in [0.2, 0.25) is 0 Å². The number of hydrazine groups is 1. The van der Waals surface area contributed by atoms with Crippen LogP contribution in [0.3, 0.4) is 0 Å². The van der Waals surface area contributed by atoms with E-state index in [1.54, 1.807) is 19.3 Å². The molecule has 2 aromatic rings. The van der Waals surface area contributed by atoms with E-state index in [2.05, 4.69) is 15.5 Å². The van der Waals surface area contributed by atoms with Gasteiger partial charge in [0.2, 0.25) is 0 Å². The van der Waals surface area contributed by atoms with Gasteiger partial charge >= 0.3 is 5.69 Å². The number of hydrogen-bond acceptors (Lipinski definition) is 5. The zero-order valence-electron chi connectivity index (χ0n) is 8.79. The molecular formula is C9H12N6O. The Hall–Kier alpha value is -2.15. The van der Waals surface area contributed by atoms with Gasteiger partial charge in [0.25, 0.3) is 0 Å². The van der Waals surface area contributed by atoms with Gasteiger partial charge < -0.3 is 5.43 Å². The predicted molar refractivity (Wildman–Crippen MR) is 58.6 cm³/mol. The van der Waals surface area contributed by atoms with Gasteiger partial charge in [-0.25, -0.2) is 20.3 Å². The first-order valence-corrected chi connectivity index (χ1v) is 4.70. The van der Waals surface area contributed by atoms with Crippen molar-refractivity contribution >= 4 is 5.82 Å². The van der Waals surface area contributed by atoms with E-state index in [-0.39, 0.29) is 5.69 Å². The number of nitrogens with one attached hydrogen (secondary N) is 1.